The summed E-state index contributed by atoms with van der Waals surface area (Å²) in [5.41, 5.74) is 3.52. The van der Waals surface area contributed by atoms with Crippen molar-refractivity contribution in [2.45, 2.75) is 39.7 Å². The van der Waals surface area contributed by atoms with Crippen LogP contribution in [0.1, 0.15) is 30.3 Å². The molecule has 1 unspecified atom stereocenters. The summed E-state index contributed by atoms with van der Waals surface area (Å²) in [5.74, 6) is 0.956. The van der Waals surface area contributed by atoms with E-state index in [1.807, 2.05) is 23.6 Å². The quantitative estimate of drug-likeness (QED) is 0.352. The van der Waals surface area contributed by atoms with Crippen LogP contribution in [0.25, 0.3) is 0 Å². The van der Waals surface area contributed by atoms with Crippen LogP contribution in [0.4, 0.5) is 10.2 Å². The predicted octanol–water partition coefficient (Wildman–Crippen LogP) is 2.57. The average molecular weight is 515 g/mol. The fraction of sp³-hybridized carbons (Fsp3) is 0.550. The summed E-state index contributed by atoms with van der Waals surface area (Å²) in [7, 11) is 1.97. The van der Waals surface area contributed by atoms with Crippen LogP contribution >= 0.6 is 24.0 Å². The van der Waals surface area contributed by atoms with Gasteiger partial charge in [-0.3, -0.25) is 9.67 Å². The third-order valence-corrected chi connectivity index (χ3v) is 5.20. The van der Waals surface area contributed by atoms with Crippen LogP contribution in [-0.4, -0.2) is 52.9 Å². The summed E-state index contributed by atoms with van der Waals surface area (Å²) < 4.78 is 15.9. The van der Waals surface area contributed by atoms with Crippen LogP contribution in [0.5, 0.6) is 0 Å². The summed E-state index contributed by atoms with van der Waals surface area (Å²) in [6.45, 7) is 9.15. The third-order valence-electron chi connectivity index (χ3n) is 5.20. The molecule has 0 amide bonds. The fourth-order valence-electron chi connectivity index (χ4n) is 3.65. The van der Waals surface area contributed by atoms with Gasteiger partial charge in [0.2, 0.25) is 0 Å². The van der Waals surface area contributed by atoms with Gasteiger partial charge in [-0.05, 0) is 51.3 Å². The monoisotopic (exact) mass is 515 g/mol. The van der Waals surface area contributed by atoms with E-state index in [1.165, 1.54) is 17.3 Å². The van der Waals surface area contributed by atoms with Crippen LogP contribution in [-0.2, 0) is 13.5 Å². The molecule has 1 fully saturated rings. The summed E-state index contributed by atoms with van der Waals surface area (Å²) >= 11 is 0. The molecule has 3 rings (SSSR count). The lowest BCUT2D eigenvalue weighted by molar-refractivity contribution is 0.612. The highest BCUT2D eigenvalue weighted by atomic mass is 127. The minimum atomic E-state index is -0.272. The number of pyridine rings is 1. The van der Waals surface area contributed by atoms with Gasteiger partial charge >= 0.3 is 0 Å². The Morgan fingerprint density at radius 2 is 2.17 bits per heavy atom. The van der Waals surface area contributed by atoms with Gasteiger partial charge in [-0.25, -0.2) is 9.37 Å². The molecule has 1 aliphatic heterocycles. The molecule has 0 spiro atoms. The molecule has 0 saturated carbocycles. The topological polar surface area (TPSA) is 70.4 Å². The van der Waals surface area contributed by atoms with Gasteiger partial charge in [-0.2, -0.15) is 5.10 Å². The molecule has 0 aliphatic carbocycles. The normalized spacial score (nSPS) is 16.7. The Bertz CT molecular complexity index is 836. The molecule has 29 heavy (non-hydrogen) atoms. The number of aromatic nitrogens is 3. The number of anilines is 1. The maximum atomic E-state index is 14.0. The molecule has 0 bridgehead atoms. The number of hydrogen-bond donors (Lipinski definition) is 2. The second kappa shape index (κ2) is 10.7. The second-order valence-electron chi connectivity index (χ2n) is 7.17. The molecule has 3 heterocycles. The number of hydrogen-bond acceptors (Lipinski definition) is 4. The van der Waals surface area contributed by atoms with Crippen LogP contribution < -0.4 is 15.5 Å². The third kappa shape index (κ3) is 5.80. The van der Waals surface area contributed by atoms with E-state index in [1.54, 1.807) is 12.3 Å². The number of aryl methyl sites for hydroxylation is 2. The van der Waals surface area contributed by atoms with Crippen molar-refractivity contribution in [3.05, 3.63) is 41.1 Å². The molecule has 7 nitrogen and oxygen atoms in total. The second-order valence-corrected chi connectivity index (χ2v) is 7.17. The number of nitrogens with one attached hydrogen (secondary N) is 2. The van der Waals surface area contributed by atoms with E-state index < -0.39 is 0 Å². The maximum Gasteiger partial charge on any atom is 0.191 e. The molecule has 1 atom stereocenters. The van der Waals surface area contributed by atoms with E-state index in [2.05, 4.69) is 34.6 Å². The number of aliphatic imine (C=N–C) groups is 1. The summed E-state index contributed by atoms with van der Waals surface area (Å²) in [6.07, 6.45) is 3.41. The first kappa shape index (κ1) is 23.4. The summed E-state index contributed by atoms with van der Waals surface area (Å²) in [6, 6.07) is 3.28. The van der Waals surface area contributed by atoms with Gasteiger partial charge in [0.1, 0.15) is 0 Å². The number of nitrogens with zero attached hydrogens (tertiary/aromatic N) is 5. The SMILES string of the molecule is CCNC(=NCCc1c(C)nn(C)c1C)NC1CCN(c2ncccc2F)C1.I. The average Bonchev–Trinajstić information content (AvgIpc) is 3.22. The van der Waals surface area contributed by atoms with Crippen molar-refractivity contribution in [3.8, 4) is 0 Å². The lowest BCUT2D eigenvalue weighted by Crippen LogP contribution is -2.44. The Labute approximate surface area is 189 Å². The highest BCUT2D eigenvalue weighted by Gasteiger charge is 2.25. The van der Waals surface area contributed by atoms with Gasteiger partial charge in [0, 0.05) is 51.2 Å². The molecule has 1 saturated heterocycles. The van der Waals surface area contributed by atoms with Gasteiger partial charge in [0.15, 0.2) is 17.6 Å². The fourth-order valence-corrected chi connectivity index (χ4v) is 3.65. The standard InChI is InChI=1S/C20H30FN7.HI/c1-5-22-20(24-11-8-17-14(2)26-27(4)15(17)3)25-16-9-12-28(13-16)19-18(21)7-6-10-23-19;/h6-7,10,16H,5,8-9,11-13H2,1-4H3,(H2,22,24,25);1H. The zero-order chi connectivity index (χ0) is 20.1. The minimum absolute atomic E-state index is 0. The molecule has 2 aromatic rings. The first-order valence-corrected chi connectivity index (χ1v) is 9.89. The highest BCUT2D eigenvalue weighted by molar-refractivity contribution is 14.0. The Kier molecular flexibility index (Phi) is 8.66. The van der Waals surface area contributed by atoms with Gasteiger partial charge in [0.25, 0.3) is 0 Å². The van der Waals surface area contributed by atoms with E-state index in [0.29, 0.717) is 18.9 Å². The molecule has 9 heteroatoms. The van der Waals surface area contributed by atoms with E-state index in [4.69, 9.17) is 4.99 Å². The van der Waals surface area contributed by atoms with Gasteiger partial charge in [0.05, 0.1) is 5.69 Å². The van der Waals surface area contributed by atoms with Gasteiger partial charge in [-0.1, -0.05) is 0 Å². The van der Waals surface area contributed by atoms with Gasteiger partial charge in [-0.15, -0.1) is 24.0 Å². The Balaban J connectivity index is 0.00000300. The van der Waals surface area contributed by atoms with Crippen molar-refractivity contribution < 1.29 is 4.39 Å². The van der Waals surface area contributed by atoms with Crippen molar-refractivity contribution in [1.29, 1.82) is 0 Å². The lowest BCUT2D eigenvalue weighted by atomic mass is 10.1. The highest BCUT2D eigenvalue weighted by Crippen LogP contribution is 2.20. The number of guanidine groups is 1. The van der Waals surface area contributed by atoms with Crippen LogP contribution in [0.3, 0.4) is 0 Å². The zero-order valence-electron chi connectivity index (χ0n) is 17.6. The minimum Gasteiger partial charge on any atom is -0.357 e. The molecular formula is C20H31FIN7. The zero-order valence-corrected chi connectivity index (χ0v) is 19.9. The van der Waals surface area contributed by atoms with Crippen molar-refractivity contribution in [1.82, 2.24) is 25.4 Å². The number of halogens is 2. The van der Waals surface area contributed by atoms with Crippen LogP contribution in [0.15, 0.2) is 23.3 Å². The van der Waals surface area contributed by atoms with Crippen LogP contribution in [0.2, 0.25) is 0 Å². The molecular weight excluding hydrogens is 484 g/mol. The van der Waals surface area contributed by atoms with Crippen molar-refractivity contribution >= 4 is 35.8 Å². The van der Waals surface area contributed by atoms with E-state index >= 15 is 0 Å². The van der Waals surface area contributed by atoms with E-state index in [9.17, 15) is 4.39 Å². The van der Waals surface area contributed by atoms with Crippen molar-refractivity contribution in [2.75, 3.05) is 31.1 Å². The Morgan fingerprint density at radius 1 is 1.38 bits per heavy atom. The molecule has 160 valence electrons. The molecule has 2 aromatic heterocycles. The predicted molar refractivity (Wildman–Crippen MR) is 126 cm³/mol. The Hall–Kier alpha value is -1.91. The smallest absolute Gasteiger partial charge is 0.191 e. The van der Waals surface area contributed by atoms with E-state index in [-0.39, 0.29) is 35.8 Å². The molecule has 0 aromatic carbocycles. The summed E-state index contributed by atoms with van der Waals surface area (Å²) in [4.78, 5) is 10.9. The summed E-state index contributed by atoms with van der Waals surface area (Å²) in [5, 5.41) is 11.3. The molecule has 1 aliphatic rings. The van der Waals surface area contributed by atoms with E-state index in [0.717, 1.165) is 37.6 Å². The lowest BCUT2D eigenvalue weighted by Gasteiger charge is -2.20. The van der Waals surface area contributed by atoms with Crippen molar-refractivity contribution in [2.24, 2.45) is 12.0 Å². The number of rotatable bonds is 6. The first-order valence-electron chi connectivity index (χ1n) is 9.89. The van der Waals surface area contributed by atoms with Gasteiger partial charge < -0.3 is 15.5 Å². The van der Waals surface area contributed by atoms with Crippen LogP contribution in [0, 0.1) is 19.7 Å². The Morgan fingerprint density at radius 3 is 2.83 bits per heavy atom. The molecule has 2 N–H and O–H groups in total. The van der Waals surface area contributed by atoms with Crippen molar-refractivity contribution in [3.63, 3.8) is 0 Å². The maximum absolute atomic E-state index is 14.0. The first-order chi connectivity index (χ1) is 13.5. The largest absolute Gasteiger partial charge is 0.357 e. The molecule has 0 radical (unpaired) electrons.